The molecule has 104 valence electrons. The minimum absolute atomic E-state index is 0.0394. The van der Waals surface area contributed by atoms with Crippen molar-refractivity contribution in [2.45, 2.75) is 38.6 Å². The summed E-state index contributed by atoms with van der Waals surface area (Å²) in [7, 11) is 0. The fraction of sp³-hybridized carbons (Fsp3) is 0.615. The van der Waals surface area contributed by atoms with Gasteiger partial charge >= 0.3 is 0 Å². The molecule has 4 N–H and O–H groups in total. The van der Waals surface area contributed by atoms with Crippen LogP contribution in [-0.2, 0) is 0 Å². The second kappa shape index (κ2) is 5.97. The van der Waals surface area contributed by atoms with E-state index in [9.17, 15) is 0 Å². The van der Waals surface area contributed by atoms with Gasteiger partial charge in [0, 0.05) is 24.9 Å². The molecule has 0 aromatic carbocycles. The van der Waals surface area contributed by atoms with Crippen LogP contribution < -0.4 is 10.6 Å². The van der Waals surface area contributed by atoms with Gasteiger partial charge in [-0.25, -0.2) is 9.97 Å². The molecule has 1 aromatic rings. The van der Waals surface area contributed by atoms with Crippen molar-refractivity contribution in [1.82, 2.24) is 9.97 Å². The summed E-state index contributed by atoms with van der Waals surface area (Å²) in [6.07, 6.45) is 4.20. The molecule has 0 aliphatic heterocycles. The van der Waals surface area contributed by atoms with Gasteiger partial charge in [0.25, 0.3) is 0 Å². The Labute approximate surface area is 113 Å². The van der Waals surface area contributed by atoms with Crippen molar-refractivity contribution in [2.75, 3.05) is 18.1 Å². The number of hydrogen-bond donors (Lipinski definition) is 3. The van der Waals surface area contributed by atoms with E-state index >= 15 is 0 Å². The van der Waals surface area contributed by atoms with Crippen LogP contribution in [0.25, 0.3) is 0 Å². The summed E-state index contributed by atoms with van der Waals surface area (Å²) in [5, 5.41) is 16.5. The van der Waals surface area contributed by atoms with Crippen molar-refractivity contribution in [3.63, 3.8) is 0 Å². The SMILES string of the molecule is Cc1cc(C(=N)N)nc(N(CCCO)C2CCC2)n1. The molecule has 1 aliphatic carbocycles. The van der Waals surface area contributed by atoms with Crippen LogP contribution in [0.1, 0.15) is 37.1 Å². The molecule has 2 rings (SSSR count). The van der Waals surface area contributed by atoms with Crippen molar-refractivity contribution in [3.8, 4) is 0 Å². The number of aromatic nitrogens is 2. The van der Waals surface area contributed by atoms with Gasteiger partial charge in [-0.1, -0.05) is 0 Å². The molecule has 1 saturated carbocycles. The van der Waals surface area contributed by atoms with E-state index in [0.29, 0.717) is 24.1 Å². The Hall–Kier alpha value is -1.69. The van der Waals surface area contributed by atoms with Gasteiger partial charge in [-0.15, -0.1) is 0 Å². The van der Waals surface area contributed by atoms with Gasteiger partial charge in [0.2, 0.25) is 5.95 Å². The third kappa shape index (κ3) is 3.20. The van der Waals surface area contributed by atoms with E-state index in [-0.39, 0.29) is 12.4 Å². The zero-order chi connectivity index (χ0) is 13.8. The van der Waals surface area contributed by atoms with Crippen molar-refractivity contribution >= 4 is 11.8 Å². The summed E-state index contributed by atoms with van der Waals surface area (Å²) in [5.74, 6) is 0.589. The number of amidine groups is 1. The predicted octanol–water partition coefficient (Wildman–Crippen LogP) is 0.810. The normalized spacial score (nSPS) is 15.1. The molecule has 1 heterocycles. The monoisotopic (exact) mass is 263 g/mol. The molecule has 1 fully saturated rings. The fourth-order valence-electron chi connectivity index (χ4n) is 2.20. The van der Waals surface area contributed by atoms with E-state index in [1.807, 2.05) is 6.92 Å². The van der Waals surface area contributed by atoms with Crippen molar-refractivity contribution < 1.29 is 5.11 Å². The van der Waals surface area contributed by atoms with Crippen LogP contribution in [0.3, 0.4) is 0 Å². The van der Waals surface area contributed by atoms with E-state index in [2.05, 4.69) is 14.9 Å². The Bertz CT molecular complexity index is 458. The lowest BCUT2D eigenvalue weighted by Gasteiger charge is -2.37. The van der Waals surface area contributed by atoms with E-state index in [0.717, 1.165) is 25.1 Å². The Kier molecular flexibility index (Phi) is 4.31. The second-order valence-corrected chi connectivity index (χ2v) is 4.96. The lowest BCUT2D eigenvalue weighted by molar-refractivity contribution is 0.282. The molecule has 6 heteroatoms. The summed E-state index contributed by atoms with van der Waals surface area (Å²) < 4.78 is 0. The molecular weight excluding hydrogens is 242 g/mol. The molecule has 0 amide bonds. The van der Waals surface area contributed by atoms with E-state index in [4.69, 9.17) is 16.2 Å². The Morgan fingerprint density at radius 2 is 2.26 bits per heavy atom. The summed E-state index contributed by atoms with van der Waals surface area (Å²) in [5.41, 5.74) is 6.79. The van der Waals surface area contributed by atoms with Gasteiger partial charge in [-0.3, -0.25) is 5.41 Å². The molecule has 1 aromatic heterocycles. The Morgan fingerprint density at radius 1 is 1.53 bits per heavy atom. The smallest absolute Gasteiger partial charge is 0.226 e. The van der Waals surface area contributed by atoms with Crippen LogP contribution in [0.15, 0.2) is 6.07 Å². The lowest BCUT2D eigenvalue weighted by Crippen LogP contribution is -2.42. The quantitative estimate of drug-likeness (QED) is 0.521. The zero-order valence-electron chi connectivity index (χ0n) is 11.3. The minimum atomic E-state index is -0.0394. The van der Waals surface area contributed by atoms with Gasteiger partial charge in [0.05, 0.1) is 0 Å². The first-order valence-electron chi connectivity index (χ1n) is 6.69. The van der Waals surface area contributed by atoms with Crippen molar-refractivity contribution in [3.05, 3.63) is 17.5 Å². The molecular formula is C13H21N5O. The number of aryl methyl sites for hydroxylation is 1. The van der Waals surface area contributed by atoms with Gasteiger partial charge in [-0.2, -0.15) is 0 Å². The number of nitrogens with one attached hydrogen (secondary N) is 1. The second-order valence-electron chi connectivity index (χ2n) is 4.96. The number of hydrogen-bond acceptors (Lipinski definition) is 5. The van der Waals surface area contributed by atoms with Gasteiger partial charge < -0.3 is 15.7 Å². The average molecular weight is 263 g/mol. The predicted molar refractivity (Wildman–Crippen MR) is 74.5 cm³/mol. The molecule has 0 saturated heterocycles. The molecule has 0 bridgehead atoms. The van der Waals surface area contributed by atoms with E-state index < -0.39 is 0 Å². The molecule has 19 heavy (non-hydrogen) atoms. The summed E-state index contributed by atoms with van der Waals surface area (Å²) in [6.45, 7) is 2.78. The highest BCUT2D eigenvalue weighted by atomic mass is 16.3. The Morgan fingerprint density at radius 3 is 2.79 bits per heavy atom. The number of aliphatic hydroxyl groups is 1. The first-order valence-corrected chi connectivity index (χ1v) is 6.69. The van der Waals surface area contributed by atoms with E-state index in [1.54, 1.807) is 6.07 Å². The number of nitrogens with zero attached hydrogens (tertiary/aromatic N) is 3. The number of rotatable bonds is 6. The zero-order valence-corrected chi connectivity index (χ0v) is 11.3. The maximum absolute atomic E-state index is 9.01. The number of nitrogens with two attached hydrogens (primary N) is 1. The minimum Gasteiger partial charge on any atom is -0.396 e. The molecule has 1 aliphatic rings. The fourth-order valence-corrected chi connectivity index (χ4v) is 2.20. The number of aliphatic hydroxyl groups excluding tert-OH is 1. The van der Waals surface area contributed by atoms with E-state index in [1.165, 1.54) is 6.42 Å². The molecule has 6 nitrogen and oxygen atoms in total. The Balaban J connectivity index is 2.26. The lowest BCUT2D eigenvalue weighted by atomic mass is 9.91. The van der Waals surface area contributed by atoms with Gasteiger partial charge in [0.15, 0.2) is 0 Å². The summed E-state index contributed by atoms with van der Waals surface area (Å²) in [4.78, 5) is 11.0. The van der Waals surface area contributed by atoms with Gasteiger partial charge in [-0.05, 0) is 38.7 Å². The third-order valence-electron chi connectivity index (χ3n) is 3.45. The first-order chi connectivity index (χ1) is 9.11. The van der Waals surface area contributed by atoms with Gasteiger partial charge in [0.1, 0.15) is 11.5 Å². The van der Waals surface area contributed by atoms with Crippen LogP contribution in [0.4, 0.5) is 5.95 Å². The standard InChI is InChI=1S/C13H21N5O/c1-9-8-11(12(14)15)17-13(16-9)18(6-3-7-19)10-4-2-5-10/h8,10,19H,2-7H2,1H3,(H3,14,15). The number of nitrogen functional groups attached to an aromatic ring is 1. The van der Waals surface area contributed by atoms with Crippen LogP contribution in [0.2, 0.25) is 0 Å². The highest BCUT2D eigenvalue weighted by Crippen LogP contribution is 2.28. The molecule has 0 spiro atoms. The van der Waals surface area contributed by atoms with Crippen LogP contribution >= 0.6 is 0 Å². The molecule has 0 atom stereocenters. The maximum atomic E-state index is 9.01. The highest BCUT2D eigenvalue weighted by Gasteiger charge is 2.27. The topological polar surface area (TPSA) is 99.1 Å². The number of anilines is 1. The largest absolute Gasteiger partial charge is 0.396 e. The van der Waals surface area contributed by atoms with Crippen LogP contribution in [0, 0.1) is 12.3 Å². The van der Waals surface area contributed by atoms with Crippen molar-refractivity contribution in [2.24, 2.45) is 5.73 Å². The highest BCUT2D eigenvalue weighted by molar-refractivity contribution is 5.93. The molecule has 0 radical (unpaired) electrons. The van der Waals surface area contributed by atoms with Crippen LogP contribution in [-0.4, -0.2) is 40.1 Å². The van der Waals surface area contributed by atoms with Crippen molar-refractivity contribution in [1.29, 1.82) is 5.41 Å². The summed E-state index contributed by atoms with van der Waals surface area (Å²) >= 11 is 0. The third-order valence-corrected chi connectivity index (χ3v) is 3.45. The average Bonchev–Trinajstić information content (AvgIpc) is 2.31. The first kappa shape index (κ1) is 13.7. The van der Waals surface area contributed by atoms with Crippen LogP contribution in [0.5, 0.6) is 0 Å². The molecule has 0 unspecified atom stereocenters. The maximum Gasteiger partial charge on any atom is 0.226 e. The summed E-state index contributed by atoms with van der Waals surface area (Å²) in [6, 6.07) is 2.17.